The van der Waals surface area contributed by atoms with E-state index < -0.39 is 0 Å². The van der Waals surface area contributed by atoms with Gasteiger partial charge in [-0.05, 0) is 19.1 Å². The van der Waals surface area contributed by atoms with E-state index in [0.29, 0.717) is 18.6 Å². The fourth-order valence-corrected chi connectivity index (χ4v) is 3.09. The average molecular weight is 375 g/mol. The largest absolute Gasteiger partial charge is 0.462 e. The Morgan fingerprint density at radius 2 is 1.32 bits per heavy atom. The Morgan fingerprint density at radius 1 is 0.800 bits per heavy atom. The highest BCUT2D eigenvalue weighted by atomic mass is 32.2. The van der Waals surface area contributed by atoms with E-state index in [4.69, 9.17) is 9.47 Å². The predicted molar refractivity (Wildman–Crippen MR) is 106 cm³/mol. The summed E-state index contributed by atoms with van der Waals surface area (Å²) in [5.74, 6) is 0.301. The maximum absolute atomic E-state index is 11.9. The quantitative estimate of drug-likeness (QED) is 0.248. The van der Waals surface area contributed by atoms with Crippen molar-refractivity contribution in [3.63, 3.8) is 0 Å². The molecule has 148 valence electrons. The van der Waals surface area contributed by atoms with Crippen molar-refractivity contribution in [1.29, 1.82) is 0 Å². The second-order valence-electron chi connectivity index (χ2n) is 6.58. The molecule has 0 fully saturated rings. The van der Waals surface area contributed by atoms with Gasteiger partial charge in [-0.1, -0.05) is 65.2 Å². The number of unbranched alkanes of at least 4 members (excludes halogenated alkanes) is 8. The van der Waals surface area contributed by atoms with Gasteiger partial charge >= 0.3 is 11.9 Å². The Morgan fingerprint density at radius 3 is 1.84 bits per heavy atom. The van der Waals surface area contributed by atoms with E-state index in [-0.39, 0.29) is 24.6 Å². The summed E-state index contributed by atoms with van der Waals surface area (Å²) in [5.41, 5.74) is 0. The molecule has 0 aromatic carbocycles. The summed E-state index contributed by atoms with van der Waals surface area (Å²) in [4.78, 5) is 23.7. The SMILES string of the molecule is CCCCCCCC(=O)OCC(CSC)OC(=O)CCCCCCC. The normalized spacial score (nSPS) is 12.0. The second kappa shape index (κ2) is 18.1. The van der Waals surface area contributed by atoms with Crippen molar-refractivity contribution in [2.75, 3.05) is 18.6 Å². The maximum Gasteiger partial charge on any atom is 0.306 e. The number of rotatable bonds is 17. The average Bonchev–Trinajstić information content (AvgIpc) is 2.59. The van der Waals surface area contributed by atoms with Crippen molar-refractivity contribution in [3.8, 4) is 0 Å². The number of carbonyl (C=O) groups is 2. The molecule has 0 heterocycles. The van der Waals surface area contributed by atoms with E-state index in [1.54, 1.807) is 11.8 Å². The molecule has 5 heteroatoms. The minimum absolute atomic E-state index is 0.175. The molecule has 25 heavy (non-hydrogen) atoms. The van der Waals surface area contributed by atoms with Gasteiger partial charge in [0.25, 0.3) is 0 Å². The van der Waals surface area contributed by atoms with Crippen LogP contribution in [-0.4, -0.2) is 36.7 Å². The minimum atomic E-state index is -0.331. The lowest BCUT2D eigenvalue weighted by atomic mass is 10.1. The molecule has 0 aromatic heterocycles. The van der Waals surface area contributed by atoms with Crippen LogP contribution in [0.1, 0.15) is 90.9 Å². The Labute approximate surface area is 158 Å². The van der Waals surface area contributed by atoms with Gasteiger partial charge in [0, 0.05) is 18.6 Å². The second-order valence-corrected chi connectivity index (χ2v) is 7.49. The molecular weight excluding hydrogens is 336 g/mol. The molecule has 0 aromatic rings. The Balaban J connectivity index is 3.87. The third-order valence-electron chi connectivity index (χ3n) is 4.05. The van der Waals surface area contributed by atoms with Crippen molar-refractivity contribution < 1.29 is 19.1 Å². The van der Waals surface area contributed by atoms with Crippen LogP contribution in [0.15, 0.2) is 0 Å². The summed E-state index contributed by atoms with van der Waals surface area (Å²) in [6, 6.07) is 0. The van der Waals surface area contributed by atoms with Gasteiger partial charge < -0.3 is 9.47 Å². The van der Waals surface area contributed by atoms with Gasteiger partial charge in [0.05, 0.1) is 0 Å². The molecule has 0 aliphatic rings. The molecule has 1 atom stereocenters. The predicted octanol–water partition coefficient (Wildman–Crippen LogP) is 5.53. The summed E-state index contributed by atoms with van der Waals surface area (Å²) in [5, 5.41) is 0. The fraction of sp³-hybridized carbons (Fsp3) is 0.900. The smallest absolute Gasteiger partial charge is 0.306 e. The zero-order valence-electron chi connectivity index (χ0n) is 16.5. The number of ether oxygens (including phenoxy) is 2. The van der Waals surface area contributed by atoms with E-state index in [2.05, 4.69) is 13.8 Å². The van der Waals surface area contributed by atoms with E-state index in [1.165, 1.54) is 38.5 Å². The van der Waals surface area contributed by atoms with E-state index in [0.717, 1.165) is 25.7 Å². The molecule has 0 aliphatic carbocycles. The lowest BCUT2D eigenvalue weighted by molar-refractivity contribution is -0.157. The van der Waals surface area contributed by atoms with Gasteiger partial charge in [-0.25, -0.2) is 0 Å². The van der Waals surface area contributed by atoms with Gasteiger partial charge in [-0.2, -0.15) is 11.8 Å². The highest BCUT2D eigenvalue weighted by Crippen LogP contribution is 2.10. The van der Waals surface area contributed by atoms with E-state index in [9.17, 15) is 9.59 Å². The van der Waals surface area contributed by atoms with Crippen LogP contribution >= 0.6 is 11.8 Å². The van der Waals surface area contributed by atoms with Crippen LogP contribution in [0, 0.1) is 0 Å². The number of thioether (sulfide) groups is 1. The highest BCUT2D eigenvalue weighted by molar-refractivity contribution is 7.98. The summed E-state index contributed by atoms with van der Waals surface area (Å²) in [7, 11) is 0. The van der Waals surface area contributed by atoms with Crippen LogP contribution in [0.4, 0.5) is 0 Å². The first-order valence-corrected chi connectivity index (χ1v) is 11.4. The maximum atomic E-state index is 11.9. The molecule has 0 saturated carbocycles. The summed E-state index contributed by atoms with van der Waals surface area (Å²) >= 11 is 1.60. The first-order chi connectivity index (χ1) is 12.1. The molecule has 1 unspecified atom stereocenters. The van der Waals surface area contributed by atoms with Crippen LogP contribution < -0.4 is 0 Å². The topological polar surface area (TPSA) is 52.6 Å². The van der Waals surface area contributed by atoms with Crippen molar-refractivity contribution in [2.24, 2.45) is 0 Å². The van der Waals surface area contributed by atoms with Gasteiger partial charge in [0.1, 0.15) is 12.7 Å². The van der Waals surface area contributed by atoms with Crippen LogP contribution in [0.3, 0.4) is 0 Å². The molecule has 0 N–H and O–H groups in total. The molecular formula is C20H38O4S. The molecule has 0 amide bonds. The summed E-state index contributed by atoms with van der Waals surface area (Å²) in [6.07, 6.45) is 13.6. The minimum Gasteiger partial charge on any atom is -0.462 e. The zero-order valence-corrected chi connectivity index (χ0v) is 17.3. The van der Waals surface area contributed by atoms with Crippen molar-refractivity contribution in [2.45, 2.75) is 97.0 Å². The number of carbonyl (C=O) groups excluding carboxylic acids is 2. The Bertz CT molecular complexity index is 334. The lowest BCUT2D eigenvalue weighted by Gasteiger charge is -2.17. The number of hydrogen-bond donors (Lipinski definition) is 0. The molecule has 0 radical (unpaired) electrons. The van der Waals surface area contributed by atoms with Crippen LogP contribution in [0.2, 0.25) is 0 Å². The monoisotopic (exact) mass is 374 g/mol. The highest BCUT2D eigenvalue weighted by Gasteiger charge is 2.16. The third-order valence-corrected chi connectivity index (χ3v) is 4.75. The van der Waals surface area contributed by atoms with Crippen molar-refractivity contribution in [1.82, 2.24) is 0 Å². The van der Waals surface area contributed by atoms with E-state index >= 15 is 0 Å². The first-order valence-electron chi connectivity index (χ1n) is 9.98. The van der Waals surface area contributed by atoms with Crippen molar-refractivity contribution in [3.05, 3.63) is 0 Å². The number of hydrogen-bond acceptors (Lipinski definition) is 5. The van der Waals surface area contributed by atoms with Crippen LogP contribution in [-0.2, 0) is 19.1 Å². The molecule has 0 rings (SSSR count). The third kappa shape index (κ3) is 16.5. The lowest BCUT2D eigenvalue weighted by Crippen LogP contribution is -2.27. The van der Waals surface area contributed by atoms with Gasteiger partial charge in [0.2, 0.25) is 0 Å². The zero-order chi connectivity index (χ0) is 18.8. The van der Waals surface area contributed by atoms with Gasteiger partial charge in [-0.3, -0.25) is 9.59 Å². The Hall–Kier alpha value is -0.710. The van der Waals surface area contributed by atoms with Gasteiger partial charge in [0.15, 0.2) is 0 Å². The number of esters is 2. The first kappa shape index (κ1) is 24.3. The molecule has 0 spiro atoms. The standard InChI is InChI=1S/C20H38O4S/c1-4-6-8-10-12-14-19(21)23-16-18(17-25-3)24-20(22)15-13-11-9-7-5-2/h18H,4-17H2,1-3H3. The molecule has 0 bridgehead atoms. The van der Waals surface area contributed by atoms with Crippen molar-refractivity contribution >= 4 is 23.7 Å². The molecule has 4 nitrogen and oxygen atoms in total. The van der Waals surface area contributed by atoms with E-state index in [1.807, 2.05) is 6.26 Å². The van der Waals surface area contributed by atoms with Crippen LogP contribution in [0.25, 0.3) is 0 Å². The fourth-order valence-electron chi connectivity index (χ4n) is 2.55. The van der Waals surface area contributed by atoms with Crippen LogP contribution in [0.5, 0.6) is 0 Å². The molecule has 0 saturated heterocycles. The Kier molecular flexibility index (Phi) is 17.6. The molecule has 0 aliphatic heterocycles. The summed E-state index contributed by atoms with van der Waals surface area (Å²) < 4.78 is 10.8. The van der Waals surface area contributed by atoms with Gasteiger partial charge in [-0.15, -0.1) is 0 Å². The summed E-state index contributed by atoms with van der Waals surface area (Å²) in [6.45, 7) is 4.52.